The third-order valence-electron chi connectivity index (χ3n) is 3.65. The van der Waals surface area contributed by atoms with Crippen LogP contribution in [0.1, 0.15) is 30.2 Å². The van der Waals surface area contributed by atoms with E-state index in [1.807, 2.05) is 13.0 Å². The molecule has 0 amide bonds. The molecule has 0 aliphatic carbocycles. The van der Waals surface area contributed by atoms with Gasteiger partial charge in [0.1, 0.15) is 27.6 Å². The number of nitrogen functional groups attached to an aromatic ring is 1. The molecule has 6 heteroatoms. The van der Waals surface area contributed by atoms with Crippen LogP contribution in [-0.4, -0.2) is 24.3 Å². The van der Waals surface area contributed by atoms with Crippen LogP contribution in [0.25, 0.3) is 0 Å². The molecule has 3 N–H and O–H groups in total. The van der Waals surface area contributed by atoms with E-state index in [9.17, 15) is 10.4 Å². The van der Waals surface area contributed by atoms with E-state index in [2.05, 4.69) is 11.0 Å². The fourth-order valence-corrected chi connectivity index (χ4v) is 3.45. The van der Waals surface area contributed by atoms with Gasteiger partial charge in [0.25, 0.3) is 0 Å². The van der Waals surface area contributed by atoms with Crippen molar-refractivity contribution in [2.45, 2.75) is 25.9 Å². The van der Waals surface area contributed by atoms with Crippen LogP contribution in [0, 0.1) is 28.6 Å². The van der Waals surface area contributed by atoms with Crippen LogP contribution in [0.5, 0.6) is 0 Å². The Bertz CT molecular complexity index is 544. The second-order valence-corrected chi connectivity index (χ2v) is 5.81. The number of aliphatic hydroxyl groups is 1. The quantitative estimate of drug-likeness (QED) is 0.856. The Morgan fingerprint density at radius 2 is 2.00 bits per heavy atom. The maximum Gasteiger partial charge on any atom is 0.131 e. The summed E-state index contributed by atoms with van der Waals surface area (Å²) < 4.78 is 0. The van der Waals surface area contributed by atoms with E-state index in [1.165, 1.54) is 11.3 Å². The average Bonchev–Trinajstić information content (AvgIpc) is 2.75. The van der Waals surface area contributed by atoms with Gasteiger partial charge in [-0.15, -0.1) is 11.3 Å². The van der Waals surface area contributed by atoms with Crippen molar-refractivity contribution in [3.8, 4) is 12.1 Å². The van der Waals surface area contributed by atoms with Crippen LogP contribution in [0.15, 0.2) is 0 Å². The van der Waals surface area contributed by atoms with Gasteiger partial charge in [0.15, 0.2) is 0 Å². The number of rotatable bonds is 2. The summed E-state index contributed by atoms with van der Waals surface area (Å²) >= 11 is 1.28. The topological polar surface area (TPSA) is 97.1 Å². The number of piperidine rings is 1. The first-order valence-corrected chi connectivity index (χ1v) is 7.05. The van der Waals surface area contributed by atoms with Crippen molar-refractivity contribution in [3.05, 3.63) is 10.4 Å². The van der Waals surface area contributed by atoms with Gasteiger partial charge in [-0.1, -0.05) is 0 Å². The van der Waals surface area contributed by atoms with E-state index >= 15 is 0 Å². The van der Waals surface area contributed by atoms with Crippen LogP contribution in [0.4, 0.5) is 10.7 Å². The van der Waals surface area contributed by atoms with Gasteiger partial charge in [0.05, 0.1) is 11.8 Å². The molecule has 0 bridgehead atoms. The van der Waals surface area contributed by atoms with Crippen LogP contribution >= 0.6 is 11.3 Å². The van der Waals surface area contributed by atoms with Gasteiger partial charge < -0.3 is 15.7 Å². The Labute approximate surface area is 116 Å². The predicted octanol–water partition coefficient (Wildman–Crippen LogP) is 1.67. The van der Waals surface area contributed by atoms with Crippen molar-refractivity contribution in [1.29, 1.82) is 10.5 Å². The zero-order valence-electron chi connectivity index (χ0n) is 10.8. The van der Waals surface area contributed by atoms with Crippen molar-refractivity contribution < 1.29 is 5.11 Å². The monoisotopic (exact) mass is 276 g/mol. The normalized spacial score (nSPS) is 17.8. The molecule has 1 aromatic heterocycles. The number of hydrogen-bond acceptors (Lipinski definition) is 6. The summed E-state index contributed by atoms with van der Waals surface area (Å²) in [5.41, 5.74) is 6.51. The van der Waals surface area contributed by atoms with Crippen molar-refractivity contribution >= 4 is 22.0 Å². The molecule has 5 nitrogen and oxygen atoms in total. The lowest BCUT2D eigenvalue weighted by Gasteiger charge is -2.34. The summed E-state index contributed by atoms with van der Waals surface area (Å²) in [6.45, 7) is 3.39. The van der Waals surface area contributed by atoms with Crippen molar-refractivity contribution in [1.82, 2.24) is 0 Å². The largest absolute Gasteiger partial charge is 0.396 e. The standard InChI is InChI=1S/C13H16N4OS/c1-8(18)9-2-4-17(5-3-9)13-10(6-14)12(16)11(7-15)19-13/h8-9,18H,2-5,16H2,1H3. The molecule has 1 aliphatic heterocycles. The van der Waals surface area contributed by atoms with Crippen LogP contribution in [-0.2, 0) is 0 Å². The van der Waals surface area contributed by atoms with Gasteiger partial charge in [-0.2, -0.15) is 10.5 Å². The summed E-state index contributed by atoms with van der Waals surface area (Å²) in [5.74, 6) is 0.314. The minimum Gasteiger partial charge on any atom is -0.396 e. The van der Waals surface area contributed by atoms with Crippen molar-refractivity contribution in [2.24, 2.45) is 5.92 Å². The molecule has 1 aromatic rings. The zero-order chi connectivity index (χ0) is 14.0. The van der Waals surface area contributed by atoms with Crippen LogP contribution < -0.4 is 10.6 Å². The Kier molecular flexibility index (Phi) is 3.94. The molecule has 1 saturated heterocycles. The maximum absolute atomic E-state index is 9.59. The molecule has 1 fully saturated rings. The van der Waals surface area contributed by atoms with E-state index in [1.54, 1.807) is 0 Å². The van der Waals surface area contributed by atoms with E-state index in [0.717, 1.165) is 30.9 Å². The lowest BCUT2D eigenvalue weighted by molar-refractivity contribution is 0.110. The molecule has 2 heterocycles. The first kappa shape index (κ1) is 13.7. The van der Waals surface area contributed by atoms with E-state index in [0.29, 0.717) is 22.0 Å². The highest BCUT2D eigenvalue weighted by Crippen LogP contribution is 2.39. The first-order chi connectivity index (χ1) is 9.08. The first-order valence-electron chi connectivity index (χ1n) is 6.24. The van der Waals surface area contributed by atoms with Crippen LogP contribution in [0.3, 0.4) is 0 Å². The molecule has 0 radical (unpaired) electrons. The molecule has 2 rings (SSSR count). The second-order valence-electron chi connectivity index (χ2n) is 4.81. The van der Waals surface area contributed by atoms with E-state index in [4.69, 9.17) is 11.0 Å². The lowest BCUT2D eigenvalue weighted by Crippen LogP contribution is -2.36. The highest BCUT2D eigenvalue weighted by atomic mass is 32.1. The molecule has 1 unspecified atom stereocenters. The highest BCUT2D eigenvalue weighted by Gasteiger charge is 2.27. The molecular weight excluding hydrogens is 260 g/mol. The van der Waals surface area contributed by atoms with Gasteiger partial charge >= 0.3 is 0 Å². The highest BCUT2D eigenvalue weighted by molar-refractivity contribution is 7.17. The summed E-state index contributed by atoms with van der Waals surface area (Å²) in [6.07, 6.45) is 1.49. The number of nitrogens with two attached hydrogens (primary N) is 1. The van der Waals surface area contributed by atoms with Gasteiger partial charge in [-0.25, -0.2) is 0 Å². The summed E-state index contributed by atoms with van der Waals surface area (Å²) in [6, 6.07) is 4.13. The Hall–Kier alpha value is -1.76. The smallest absolute Gasteiger partial charge is 0.131 e. The number of nitriles is 2. The molecule has 0 saturated carbocycles. The summed E-state index contributed by atoms with van der Waals surface area (Å²) in [4.78, 5) is 2.50. The average molecular weight is 276 g/mol. The third kappa shape index (κ3) is 2.51. The van der Waals surface area contributed by atoms with Gasteiger partial charge in [-0.3, -0.25) is 0 Å². The van der Waals surface area contributed by atoms with Crippen molar-refractivity contribution in [3.63, 3.8) is 0 Å². The third-order valence-corrected chi connectivity index (χ3v) is 4.82. The fourth-order valence-electron chi connectivity index (χ4n) is 2.43. The van der Waals surface area contributed by atoms with E-state index < -0.39 is 0 Å². The number of anilines is 2. The molecular formula is C13H16N4OS. The number of nitrogens with zero attached hydrogens (tertiary/aromatic N) is 3. The Balaban J connectivity index is 2.21. The number of aliphatic hydroxyl groups excluding tert-OH is 1. The van der Waals surface area contributed by atoms with Gasteiger partial charge in [0, 0.05) is 13.1 Å². The number of hydrogen-bond donors (Lipinski definition) is 2. The van der Waals surface area contributed by atoms with Crippen LogP contribution in [0.2, 0.25) is 0 Å². The minimum absolute atomic E-state index is 0.291. The Morgan fingerprint density at radius 3 is 2.47 bits per heavy atom. The lowest BCUT2D eigenvalue weighted by atomic mass is 9.92. The SMILES string of the molecule is CC(O)C1CCN(c2sc(C#N)c(N)c2C#N)CC1. The fraction of sp³-hybridized carbons (Fsp3) is 0.538. The zero-order valence-corrected chi connectivity index (χ0v) is 11.6. The molecule has 19 heavy (non-hydrogen) atoms. The molecule has 1 aliphatic rings. The molecule has 0 spiro atoms. The van der Waals surface area contributed by atoms with Gasteiger partial charge in [-0.05, 0) is 25.7 Å². The summed E-state index contributed by atoms with van der Waals surface area (Å²) in [7, 11) is 0. The number of thiophene rings is 1. The second kappa shape index (κ2) is 5.48. The minimum atomic E-state index is -0.291. The van der Waals surface area contributed by atoms with E-state index in [-0.39, 0.29) is 6.10 Å². The maximum atomic E-state index is 9.59. The van der Waals surface area contributed by atoms with Crippen molar-refractivity contribution in [2.75, 3.05) is 23.7 Å². The van der Waals surface area contributed by atoms with Gasteiger partial charge in [0.2, 0.25) is 0 Å². The molecule has 1 atom stereocenters. The Morgan fingerprint density at radius 1 is 1.37 bits per heavy atom. The summed E-state index contributed by atoms with van der Waals surface area (Å²) in [5, 5.41) is 28.5. The molecule has 100 valence electrons. The predicted molar refractivity (Wildman–Crippen MR) is 74.8 cm³/mol. The molecule has 0 aromatic carbocycles.